The second-order valence-electron chi connectivity index (χ2n) is 9.79. The normalized spacial score (nSPS) is 13.5. The summed E-state index contributed by atoms with van der Waals surface area (Å²) in [5.41, 5.74) is 5.03. The summed E-state index contributed by atoms with van der Waals surface area (Å²) >= 11 is 0.569. The lowest BCUT2D eigenvalue weighted by Crippen LogP contribution is -2.55. The lowest BCUT2D eigenvalue weighted by molar-refractivity contribution is -0.432. The number of nitrogens with one attached hydrogen (secondary N) is 1. The van der Waals surface area contributed by atoms with Gasteiger partial charge < -0.3 is 15.0 Å². The molecule has 0 aliphatic carbocycles. The molecule has 4 rings (SSSR count). The van der Waals surface area contributed by atoms with Crippen molar-refractivity contribution >= 4 is 39.7 Å². The first-order valence-corrected chi connectivity index (χ1v) is 15.6. The molecule has 1 saturated heterocycles. The van der Waals surface area contributed by atoms with Gasteiger partial charge in [-0.1, -0.05) is 17.2 Å². The van der Waals surface area contributed by atoms with Gasteiger partial charge in [-0.05, 0) is 50.5 Å². The molecule has 0 spiro atoms. The first kappa shape index (κ1) is 33.4. The van der Waals surface area contributed by atoms with Crippen LogP contribution in [0.4, 0.5) is 11.6 Å². The van der Waals surface area contributed by atoms with Crippen LogP contribution < -0.4 is 5.32 Å². The van der Waals surface area contributed by atoms with E-state index in [1.54, 1.807) is 17.1 Å². The van der Waals surface area contributed by atoms with Crippen molar-refractivity contribution in [1.82, 2.24) is 24.6 Å². The molecule has 14 nitrogen and oxygen atoms in total. The molecule has 3 heterocycles. The summed E-state index contributed by atoms with van der Waals surface area (Å²) in [6.45, 7) is 7.54. The highest BCUT2D eigenvalue weighted by molar-refractivity contribution is 7.95. The van der Waals surface area contributed by atoms with Crippen LogP contribution in [0.2, 0.25) is 0 Å². The van der Waals surface area contributed by atoms with Crippen molar-refractivity contribution in [3.63, 3.8) is 0 Å². The molecule has 1 aliphatic rings. The lowest BCUT2D eigenvalue weighted by atomic mass is 9.99. The molecular weight excluding hydrogens is 588 g/mol. The number of rotatable bonds is 13. The molecule has 0 radical (unpaired) electrons. The van der Waals surface area contributed by atoms with Gasteiger partial charge in [0.05, 0.1) is 35.5 Å². The van der Waals surface area contributed by atoms with Gasteiger partial charge in [-0.15, -0.1) is 4.33 Å². The maximum absolute atomic E-state index is 12.5. The predicted molar refractivity (Wildman–Crippen MR) is 157 cm³/mol. The van der Waals surface area contributed by atoms with Crippen molar-refractivity contribution in [3.05, 3.63) is 54.0 Å². The van der Waals surface area contributed by atoms with Gasteiger partial charge in [-0.25, -0.2) is 15.2 Å². The molecule has 0 saturated carbocycles. The van der Waals surface area contributed by atoms with Crippen LogP contribution in [0.1, 0.15) is 31.4 Å². The highest BCUT2D eigenvalue weighted by atomic mass is 32.2. The number of nitrogens with zero attached hydrogens (tertiary/aromatic N) is 5. The van der Waals surface area contributed by atoms with Crippen LogP contribution in [0.15, 0.2) is 42.9 Å². The minimum atomic E-state index is -3.94. The van der Waals surface area contributed by atoms with Crippen LogP contribution >= 0.6 is 12.0 Å². The first-order chi connectivity index (χ1) is 19.9. The number of anilines is 2. The zero-order chi connectivity index (χ0) is 30.7. The number of hydrogen-bond acceptors (Lipinski definition) is 12. The van der Waals surface area contributed by atoms with E-state index in [1.165, 1.54) is 5.56 Å². The Hall–Kier alpha value is -3.12. The van der Waals surface area contributed by atoms with Crippen LogP contribution in [0.5, 0.6) is 0 Å². The van der Waals surface area contributed by atoms with Gasteiger partial charge in [0.15, 0.2) is 0 Å². The lowest BCUT2D eigenvalue weighted by Gasteiger charge is -2.40. The Bertz CT molecular complexity index is 1410. The second kappa shape index (κ2) is 15.9. The van der Waals surface area contributed by atoms with Gasteiger partial charge in [0.2, 0.25) is 11.9 Å². The molecule has 3 N–H and O–H groups in total. The molecule has 1 amide bonds. The van der Waals surface area contributed by atoms with Crippen LogP contribution in [0.3, 0.4) is 0 Å². The molecule has 0 unspecified atom stereocenters. The molecule has 230 valence electrons. The monoisotopic (exact) mass is 624 g/mol. The Morgan fingerprint density at radius 3 is 2.64 bits per heavy atom. The average Bonchev–Trinajstić information content (AvgIpc) is 3.31. The van der Waals surface area contributed by atoms with E-state index in [1.807, 2.05) is 38.1 Å². The molecule has 1 aromatic carbocycles. The fourth-order valence-corrected chi connectivity index (χ4v) is 5.26. The van der Waals surface area contributed by atoms with Crippen molar-refractivity contribution in [2.45, 2.75) is 45.8 Å². The summed E-state index contributed by atoms with van der Waals surface area (Å²) in [4.78, 5) is 23.3. The van der Waals surface area contributed by atoms with Gasteiger partial charge in [-0.2, -0.15) is 13.5 Å². The van der Waals surface area contributed by atoms with E-state index in [9.17, 15) is 13.2 Å². The van der Waals surface area contributed by atoms with Crippen LogP contribution in [-0.2, 0) is 42.5 Å². The van der Waals surface area contributed by atoms with Crippen LogP contribution in [0.25, 0.3) is 11.3 Å². The first-order valence-electron chi connectivity index (χ1n) is 13.1. The number of aryl methyl sites for hydroxylation is 3. The van der Waals surface area contributed by atoms with Gasteiger partial charge in [0.25, 0.3) is 10.1 Å². The third-order valence-corrected chi connectivity index (χ3v) is 7.54. The van der Waals surface area contributed by atoms with E-state index in [0.29, 0.717) is 37.5 Å². The molecule has 1 fully saturated rings. The fourth-order valence-electron chi connectivity index (χ4n) is 4.04. The fraction of sp³-hybridized carbons (Fsp3) is 0.462. The number of hydrogen-bond donors (Lipinski definition) is 3. The third kappa shape index (κ3) is 11.3. The Labute approximate surface area is 249 Å². The number of carbonyl (C=O) groups is 1. The second-order valence-corrected chi connectivity index (χ2v) is 12.1. The summed E-state index contributed by atoms with van der Waals surface area (Å²) in [5, 5.41) is 18.0. The molecule has 0 bridgehead atoms. The largest absolute Gasteiger partial charge is 0.372 e. The highest BCUT2D eigenvalue weighted by Crippen LogP contribution is 2.24. The van der Waals surface area contributed by atoms with Gasteiger partial charge in [0, 0.05) is 62.3 Å². The van der Waals surface area contributed by atoms with E-state index >= 15 is 0 Å². The molecule has 1 aliphatic heterocycles. The summed E-state index contributed by atoms with van der Waals surface area (Å²) < 4.78 is 39.4. The zero-order valence-corrected chi connectivity index (χ0v) is 25.5. The summed E-state index contributed by atoms with van der Waals surface area (Å²) in [7, 11) is -2.08. The molecule has 0 atom stereocenters. The Balaban J connectivity index is 0.000000416. The van der Waals surface area contributed by atoms with E-state index in [0.717, 1.165) is 28.9 Å². The van der Waals surface area contributed by atoms with E-state index < -0.39 is 15.9 Å². The summed E-state index contributed by atoms with van der Waals surface area (Å²) in [5.74, 6) is 0.261. The molecule has 2 aromatic heterocycles. The van der Waals surface area contributed by atoms with Crippen LogP contribution in [-0.4, -0.2) is 85.6 Å². The van der Waals surface area contributed by atoms with E-state index in [4.69, 9.17) is 14.5 Å². The zero-order valence-electron chi connectivity index (χ0n) is 23.8. The standard InChI is InChI=1S/C24H30N6O2.C2H6O6S2/c1-16(2)32-21-14-30(15-21)23(31)8-7-18-5-6-19(11-17(18)3)22-9-10-25-24(28-22)27-20-12-26-29(4)13-20;3-7-8-9-1-2-10(4,5)6/h5-6,9-13,16,21H,7-8,14-15H2,1-4H3,(H,25,27,28);3H,1-2H2,(H,4,5,6). The predicted octanol–water partition coefficient (Wildman–Crippen LogP) is 3.44. The smallest absolute Gasteiger partial charge is 0.265 e. The quantitative estimate of drug-likeness (QED) is 0.0829. The number of ether oxygens (including phenoxy) is 1. The molecule has 3 aromatic rings. The Morgan fingerprint density at radius 2 is 2.02 bits per heavy atom. The third-order valence-electron chi connectivity index (χ3n) is 6.03. The average molecular weight is 625 g/mol. The van der Waals surface area contributed by atoms with E-state index in [2.05, 4.69) is 54.9 Å². The SMILES string of the molecule is Cc1cc(-c2ccnc(Nc3cnn(C)c3)n2)ccc1CCC(=O)N1CC(OC(C)C)C1.O=S(=O)(O)CCSOOO. The van der Waals surface area contributed by atoms with Gasteiger partial charge in [0.1, 0.15) is 0 Å². The van der Waals surface area contributed by atoms with Gasteiger partial charge in [-0.3, -0.25) is 14.0 Å². The number of carbonyl (C=O) groups excluding carboxylic acids is 1. The van der Waals surface area contributed by atoms with Crippen LogP contribution in [0, 0.1) is 6.92 Å². The molecule has 16 heteroatoms. The van der Waals surface area contributed by atoms with Gasteiger partial charge >= 0.3 is 0 Å². The van der Waals surface area contributed by atoms with Crippen molar-refractivity contribution < 1.29 is 37.1 Å². The Morgan fingerprint density at radius 1 is 1.26 bits per heavy atom. The topological polar surface area (TPSA) is 178 Å². The van der Waals surface area contributed by atoms with Crippen molar-refractivity contribution in [2.75, 3.05) is 29.9 Å². The maximum atomic E-state index is 12.5. The number of aromatic nitrogens is 4. The maximum Gasteiger partial charge on any atom is 0.265 e. The Kier molecular flexibility index (Phi) is 12.7. The van der Waals surface area contributed by atoms with Crippen molar-refractivity contribution in [1.29, 1.82) is 0 Å². The molecular formula is C26H36N6O8S2. The summed E-state index contributed by atoms with van der Waals surface area (Å²) in [6, 6.07) is 8.16. The number of benzene rings is 1. The van der Waals surface area contributed by atoms with E-state index in [-0.39, 0.29) is 23.9 Å². The minimum Gasteiger partial charge on any atom is -0.372 e. The summed E-state index contributed by atoms with van der Waals surface area (Å²) in [6.07, 6.45) is 6.98. The minimum absolute atomic E-state index is 0.0145. The van der Waals surface area contributed by atoms with Crippen molar-refractivity contribution in [3.8, 4) is 11.3 Å². The number of likely N-dealkylation sites (tertiary alicyclic amines) is 1. The number of amides is 1. The van der Waals surface area contributed by atoms with Crippen molar-refractivity contribution in [2.24, 2.45) is 7.05 Å². The highest BCUT2D eigenvalue weighted by Gasteiger charge is 2.31. The molecule has 42 heavy (non-hydrogen) atoms.